The third-order valence-corrected chi connectivity index (χ3v) is 5.47. The van der Waals surface area contributed by atoms with Crippen LogP contribution in [0.4, 0.5) is 0 Å². The van der Waals surface area contributed by atoms with Crippen molar-refractivity contribution in [2.45, 2.75) is 43.5 Å². The summed E-state index contributed by atoms with van der Waals surface area (Å²) in [7, 11) is -3.48. The monoisotopic (exact) mass is 298 g/mol. The SMILES string of the molecule is Cc1cc(S(=O)(=O)NC2(C)CCC2)ccc1C(N)=S. The molecule has 0 atom stereocenters. The highest BCUT2D eigenvalue weighted by molar-refractivity contribution is 7.89. The number of nitrogens with one attached hydrogen (secondary N) is 1. The van der Waals surface area contributed by atoms with Gasteiger partial charge < -0.3 is 5.73 Å². The summed E-state index contributed by atoms with van der Waals surface area (Å²) in [6.45, 7) is 3.74. The van der Waals surface area contributed by atoms with E-state index in [1.54, 1.807) is 25.1 Å². The van der Waals surface area contributed by atoms with E-state index in [2.05, 4.69) is 4.72 Å². The van der Waals surface area contributed by atoms with Gasteiger partial charge in [0.05, 0.1) is 4.90 Å². The van der Waals surface area contributed by atoms with E-state index >= 15 is 0 Å². The summed E-state index contributed by atoms with van der Waals surface area (Å²) in [5.41, 5.74) is 6.76. The summed E-state index contributed by atoms with van der Waals surface area (Å²) in [6.07, 6.45) is 2.84. The minimum absolute atomic E-state index is 0.262. The van der Waals surface area contributed by atoms with Crippen molar-refractivity contribution < 1.29 is 8.42 Å². The minimum atomic E-state index is -3.48. The number of nitrogens with two attached hydrogens (primary N) is 1. The first-order chi connectivity index (χ1) is 8.73. The van der Waals surface area contributed by atoms with Crippen molar-refractivity contribution in [2.24, 2.45) is 5.73 Å². The molecule has 0 saturated heterocycles. The van der Waals surface area contributed by atoms with E-state index in [9.17, 15) is 8.42 Å². The fraction of sp³-hybridized carbons (Fsp3) is 0.462. The molecule has 1 fully saturated rings. The van der Waals surface area contributed by atoms with Gasteiger partial charge >= 0.3 is 0 Å². The first kappa shape index (κ1) is 14.4. The maximum atomic E-state index is 12.3. The van der Waals surface area contributed by atoms with Crippen LogP contribution in [0.1, 0.15) is 37.3 Å². The molecule has 0 amide bonds. The van der Waals surface area contributed by atoms with Gasteiger partial charge in [0.1, 0.15) is 4.99 Å². The number of rotatable bonds is 4. The van der Waals surface area contributed by atoms with E-state index in [-0.39, 0.29) is 15.4 Å². The molecule has 0 spiro atoms. The smallest absolute Gasteiger partial charge is 0.241 e. The summed E-state index contributed by atoms with van der Waals surface area (Å²) in [5.74, 6) is 0. The maximum Gasteiger partial charge on any atom is 0.241 e. The molecule has 4 nitrogen and oxygen atoms in total. The third kappa shape index (κ3) is 2.96. The normalized spacial score (nSPS) is 17.8. The van der Waals surface area contributed by atoms with Crippen LogP contribution in [0.5, 0.6) is 0 Å². The largest absolute Gasteiger partial charge is 0.389 e. The molecule has 2 rings (SSSR count). The first-order valence-corrected chi connectivity index (χ1v) is 8.07. The van der Waals surface area contributed by atoms with Crippen LogP contribution >= 0.6 is 12.2 Å². The Morgan fingerprint density at radius 3 is 2.47 bits per heavy atom. The van der Waals surface area contributed by atoms with E-state index in [1.165, 1.54) is 0 Å². The van der Waals surface area contributed by atoms with Crippen molar-refractivity contribution in [1.29, 1.82) is 0 Å². The molecule has 0 bridgehead atoms. The van der Waals surface area contributed by atoms with Gasteiger partial charge in [0.25, 0.3) is 0 Å². The van der Waals surface area contributed by atoms with E-state index in [0.717, 1.165) is 24.8 Å². The first-order valence-electron chi connectivity index (χ1n) is 6.18. The number of aryl methyl sites for hydroxylation is 1. The maximum absolute atomic E-state index is 12.3. The van der Waals surface area contributed by atoms with Gasteiger partial charge in [0.2, 0.25) is 10.0 Å². The lowest BCUT2D eigenvalue weighted by molar-refractivity contribution is 0.248. The standard InChI is InChI=1S/C13H18N2O2S2/c1-9-8-10(4-5-11(9)12(14)18)19(16,17)15-13(2)6-3-7-13/h4-5,8,15H,3,6-7H2,1-2H3,(H2,14,18). The molecule has 104 valence electrons. The average Bonchev–Trinajstić information content (AvgIpc) is 2.25. The van der Waals surface area contributed by atoms with Crippen LogP contribution in [0.3, 0.4) is 0 Å². The van der Waals surface area contributed by atoms with Crippen LogP contribution < -0.4 is 10.5 Å². The Hall–Kier alpha value is -0.980. The van der Waals surface area contributed by atoms with Crippen LogP contribution in [-0.4, -0.2) is 18.9 Å². The summed E-state index contributed by atoms with van der Waals surface area (Å²) in [6, 6.07) is 4.82. The summed E-state index contributed by atoms with van der Waals surface area (Å²) < 4.78 is 27.4. The zero-order valence-electron chi connectivity index (χ0n) is 11.1. The molecule has 0 unspecified atom stereocenters. The summed E-state index contributed by atoms with van der Waals surface area (Å²) in [4.78, 5) is 0.540. The molecule has 1 aromatic carbocycles. The van der Waals surface area contributed by atoms with Crippen LogP contribution in [0.25, 0.3) is 0 Å². The number of benzene rings is 1. The predicted molar refractivity (Wildman–Crippen MR) is 79.6 cm³/mol. The lowest BCUT2D eigenvalue weighted by atomic mass is 9.80. The predicted octanol–water partition coefficient (Wildman–Crippen LogP) is 1.85. The van der Waals surface area contributed by atoms with Gasteiger partial charge in [-0.2, -0.15) is 0 Å². The van der Waals surface area contributed by atoms with Crippen molar-refractivity contribution in [3.63, 3.8) is 0 Å². The summed E-state index contributed by atoms with van der Waals surface area (Å²) in [5, 5.41) is 0. The zero-order valence-corrected chi connectivity index (χ0v) is 12.7. The number of sulfonamides is 1. The minimum Gasteiger partial charge on any atom is -0.389 e. The molecule has 0 heterocycles. The van der Waals surface area contributed by atoms with Crippen molar-refractivity contribution in [1.82, 2.24) is 4.72 Å². The number of hydrogen-bond donors (Lipinski definition) is 2. The molecule has 0 aromatic heterocycles. The highest BCUT2D eigenvalue weighted by Crippen LogP contribution is 2.32. The second-order valence-electron chi connectivity index (χ2n) is 5.36. The second kappa shape index (κ2) is 4.85. The van der Waals surface area contributed by atoms with Crippen molar-refractivity contribution in [2.75, 3.05) is 0 Å². The molecular formula is C13H18N2O2S2. The van der Waals surface area contributed by atoms with Gasteiger partial charge in [0, 0.05) is 11.1 Å². The van der Waals surface area contributed by atoms with Crippen LogP contribution in [0, 0.1) is 6.92 Å². The van der Waals surface area contributed by atoms with E-state index < -0.39 is 10.0 Å². The Balaban J connectivity index is 2.31. The lowest BCUT2D eigenvalue weighted by Crippen LogP contribution is -2.50. The van der Waals surface area contributed by atoms with Crippen molar-refractivity contribution >= 4 is 27.2 Å². The van der Waals surface area contributed by atoms with E-state index in [1.807, 2.05) is 6.92 Å². The molecule has 1 aromatic rings. The van der Waals surface area contributed by atoms with Gasteiger partial charge in [-0.25, -0.2) is 13.1 Å². The summed E-state index contributed by atoms with van der Waals surface area (Å²) >= 11 is 4.91. The lowest BCUT2D eigenvalue weighted by Gasteiger charge is -2.38. The van der Waals surface area contributed by atoms with Crippen molar-refractivity contribution in [3.05, 3.63) is 29.3 Å². The fourth-order valence-corrected chi connectivity index (χ4v) is 4.05. The van der Waals surface area contributed by atoms with Gasteiger partial charge in [-0.05, 0) is 50.8 Å². The second-order valence-corrected chi connectivity index (χ2v) is 7.48. The Morgan fingerprint density at radius 1 is 1.42 bits per heavy atom. The van der Waals surface area contributed by atoms with Crippen molar-refractivity contribution in [3.8, 4) is 0 Å². The molecule has 19 heavy (non-hydrogen) atoms. The Kier molecular flexibility index (Phi) is 3.68. The highest BCUT2D eigenvalue weighted by atomic mass is 32.2. The molecule has 1 saturated carbocycles. The quantitative estimate of drug-likeness (QED) is 0.832. The van der Waals surface area contributed by atoms with E-state index in [0.29, 0.717) is 5.56 Å². The third-order valence-electron chi connectivity index (χ3n) is 3.61. The fourth-order valence-electron chi connectivity index (χ4n) is 2.27. The molecule has 6 heteroatoms. The molecule has 1 aliphatic carbocycles. The zero-order chi connectivity index (χ0) is 14.3. The van der Waals surface area contributed by atoms with Gasteiger partial charge in [0.15, 0.2) is 0 Å². The topological polar surface area (TPSA) is 72.2 Å². The average molecular weight is 298 g/mol. The Labute approximate surface area is 119 Å². The van der Waals surface area contributed by atoms with E-state index in [4.69, 9.17) is 18.0 Å². The molecule has 0 radical (unpaired) electrons. The van der Waals surface area contributed by atoms with Gasteiger partial charge in [-0.15, -0.1) is 0 Å². The number of thiocarbonyl (C=S) groups is 1. The number of hydrogen-bond acceptors (Lipinski definition) is 3. The van der Waals surface area contributed by atoms with Crippen LogP contribution in [-0.2, 0) is 10.0 Å². The van der Waals surface area contributed by atoms with Gasteiger partial charge in [-0.3, -0.25) is 0 Å². The Bertz CT molecular complexity index is 620. The van der Waals surface area contributed by atoms with Crippen LogP contribution in [0.2, 0.25) is 0 Å². The van der Waals surface area contributed by atoms with Gasteiger partial charge in [-0.1, -0.05) is 18.3 Å². The molecule has 0 aliphatic heterocycles. The highest BCUT2D eigenvalue weighted by Gasteiger charge is 2.36. The molecular weight excluding hydrogens is 280 g/mol. The molecule has 1 aliphatic rings. The molecule has 3 N–H and O–H groups in total. The van der Waals surface area contributed by atoms with Crippen LogP contribution in [0.15, 0.2) is 23.1 Å². The Morgan fingerprint density at radius 2 is 2.05 bits per heavy atom.